The Morgan fingerprint density at radius 3 is 2.55 bits per heavy atom. The summed E-state index contributed by atoms with van der Waals surface area (Å²) in [6.45, 7) is 3.98. The van der Waals surface area contributed by atoms with Crippen molar-refractivity contribution in [1.82, 2.24) is 4.98 Å². The van der Waals surface area contributed by atoms with Crippen LogP contribution in [0.4, 0.5) is 0 Å². The van der Waals surface area contributed by atoms with E-state index in [1.54, 1.807) is 11.7 Å². The molecule has 2 nitrogen and oxygen atoms in total. The average molecular weight is 171 g/mol. The zero-order valence-electron chi connectivity index (χ0n) is 6.87. The summed E-state index contributed by atoms with van der Waals surface area (Å²) in [5.74, 6) is 0. The molecule has 0 saturated carbocycles. The van der Waals surface area contributed by atoms with Crippen molar-refractivity contribution in [2.24, 2.45) is 0 Å². The molecule has 1 N–H and O–H groups in total. The Kier molecular flexibility index (Phi) is 2.62. The summed E-state index contributed by atoms with van der Waals surface area (Å²) in [6, 6.07) is 0. The van der Waals surface area contributed by atoms with Gasteiger partial charge in [-0.15, -0.1) is 11.3 Å². The van der Waals surface area contributed by atoms with Crippen molar-refractivity contribution in [3.8, 4) is 0 Å². The van der Waals surface area contributed by atoms with Gasteiger partial charge in [-0.3, -0.25) is 4.98 Å². The van der Waals surface area contributed by atoms with Crippen LogP contribution in [0.2, 0.25) is 0 Å². The number of hydrogen-bond acceptors (Lipinski definition) is 3. The Labute approximate surface area is 70.9 Å². The predicted molar refractivity (Wildman–Crippen MR) is 46.6 cm³/mol. The second-order valence-corrected chi connectivity index (χ2v) is 3.49. The molecule has 0 bridgehead atoms. The van der Waals surface area contributed by atoms with Crippen LogP contribution >= 0.6 is 11.3 Å². The van der Waals surface area contributed by atoms with E-state index in [9.17, 15) is 5.11 Å². The van der Waals surface area contributed by atoms with E-state index in [0.717, 1.165) is 17.7 Å². The highest BCUT2D eigenvalue weighted by molar-refractivity contribution is 7.09. The summed E-state index contributed by atoms with van der Waals surface area (Å²) in [5, 5.41) is 9.96. The standard InChI is InChI=1S/C8H13NOS/c1-3-8(10,4-2)7-5-9-6-11-7/h5-6,10H,3-4H2,1-2H3. The molecule has 0 saturated heterocycles. The van der Waals surface area contributed by atoms with Crippen molar-refractivity contribution in [3.05, 3.63) is 16.6 Å². The minimum Gasteiger partial charge on any atom is -0.384 e. The zero-order valence-corrected chi connectivity index (χ0v) is 7.69. The third-order valence-corrected chi connectivity index (χ3v) is 3.03. The van der Waals surface area contributed by atoms with Gasteiger partial charge in [-0.25, -0.2) is 0 Å². The van der Waals surface area contributed by atoms with Gasteiger partial charge >= 0.3 is 0 Å². The van der Waals surface area contributed by atoms with Crippen molar-refractivity contribution in [2.45, 2.75) is 32.3 Å². The molecule has 0 radical (unpaired) electrons. The van der Waals surface area contributed by atoms with Crippen LogP contribution in [0.1, 0.15) is 31.6 Å². The SMILES string of the molecule is CCC(O)(CC)c1cncs1. The predicted octanol–water partition coefficient (Wildman–Crippen LogP) is 2.15. The molecule has 0 fully saturated rings. The van der Waals surface area contributed by atoms with Gasteiger partial charge in [0.1, 0.15) is 0 Å². The van der Waals surface area contributed by atoms with Crippen LogP contribution < -0.4 is 0 Å². The summed E-state index contributed by atoms with van der Waals surface area (Å²) in [6.07, 6.45) is 3.26. The normalized spacial score (nSPS) is 11.9. The molecule has 0 aliphatic heterocycles. The first kappa shape index (κ1) is 8.68. The number of thiazole rings is 1. The largest absolute Gasteiger partial charge is 0.384 e. The molecule has 62 valence electrons. The highest BCUT2D eigenvalue weighted by atomic mass is 32.1. The second kappa shape index (κ2) is 3.32. The van der Waals surface area contributed by atoms with E-state index < -0.39 is 5.60 Å². The lowest BCUT2D eigenvalue weighted by Crippen LogP contribution is -2.21. The molecule has 0 aliphatic carbocycles. The van der Waals surface area contributed by atoms with Crippen molar-refractivity contribution in [3.63, 3.8) is 0 Å². The van der Waals surface area contributed by atoms with Crippen LogP contribution in [0.15, 0.2) is 11.7 Å². The van der Waals surface area contributed by atoms with Gasteiger partial charge in [-0.1, -0.05) is 13.8 Å². The molecule has 1 rings (SSSR count). The number of aliphatic hydroxyl groups is 1. The summed E-state index contributed by atoms with van der Waals surface area (Å²) < 4.78 is 0. The van der Waals surface area contributed by atoms with Crippen LogP contribution in [-0.2, 0) is 5.60 Å². The molecule has 0 atom stereocenters. The maximum atomic E-state index is 9.96. The molecule has 3 heteroatoms. The van der Waals surface area contributed by atoms with E-state index in [1.165, 1.54) is 11.3 Å². The average Bonchev–Trinajstić information content (AvgIpc) is 2.55. The molecule has 1 aromatic heterocycles. The monoisotopic (exact) mass is 171 g/mol. The third kappa shape index (κ3) is 1.60. The Morgan fingerprint density at radius 1 is 1.55 bits per heavy atom. The first-order chi connectivity index (χ1) is 5.23. The molecular formula is C8H13NOS. The molecule has 0 spiro atoms. The van der Waals surface area contributed by atoms with E-state index in [4.69, 9.17) is 0 Å². The number of rotatable bonds is 3. The van der Waals surface area contributed by atoms with E-state index in [2.05, 4.69) is 4.98 Å². The van der Waals surface area contributed by atoms with Gasteiger partial charge in [-0.2, -0.15) is 0 Å². The zero-order chi connectivity index (χ0) is 8.32. The highest BCUT2D eigenvalue weighted by Crippen LogP contribution is 2.30. The topological polar surface area (TPSA) is 33.1 Å². The lowest BCUT2D eigenvalue weighted by Gasteiger charge is -2.22. The fourth-order valence-electron chi connectivity index (χ4n) is 1.04. The molecule has 0 aromatic carbocycles. The van der Waals surface area contributed by atoms with E-state index in [1.807, 2.05) is 13.8 Å². The molecule has 0 amide bonds. The third-order valence-electron chi connectivity index (χ3n) is 2.06. The molecule has 0 aliphatic rings. The summed E-state index contributed by atoms with van der Waals surface area (Å²) in [7, 11) is 0. The Bertz CT molecular complexity index is 204. The van der Waals surface area contributed by atoms with Crippen LogP contribution in [0.5, 0.6) is 0 Å². The second-order valence-electron chi connectivity index (χ2n) is 2.60. The molecular weight excluding hydrogens is 158 g/mol. The van der Waals surface area contributed by atoms with Gasteiger partial charge in [0, 0.05) is 6.20 Å². The lowest BCUT2D eigenvalue weighted by molar-refractivity contribution is 0.0319. The lowest BCUT2D eigenvalue weighted by atomic mass is 9.96. The maximum Gasteiger partial charge on any atom is 0.0998 e. The molecule has 1 aromatic rings. The Hall–Kier alpha value is -0.410. The number of hydrogen-bond donors (Lipinski definition) is 1. The van der Waals surface area contributed by atoms with Crippen molar-refractivity contribution in [1.29, 1.82) is 0 Å². The van der Waals surface area contributed by atoms with Gasteiger partial charge < -0.3 is 5.11 Å². The maximum absolute atomic E-state index is 9.96. The van der Waals surface area contributed by atoms with Gasteiger partial charge in [0.2, 0.25) is 0 Å². The first-order valence-electron chi connectivity index (χ1n) is 3.84. The summed E-state index contributed by atoms with van der Waals surface area (Å²) in [4.78, 5) is 4.92. The van der Waals surface area contributed by atoms with Crippen molar-refractivity contribution >= 4 is 11.3 Å². The number of nitrogens with zero attached hydrogens (tertiary/aromatic N) is 1. The van der Waals surface area contributed by atoms with Crippen LogP contribution in [0, 0.1) is 0 Å². The minimum atomic E-state index is -0.638. The minimum absolute atomic E-state index is 0.638. The fraction of sp³-hybridized carbons (Fsp3) is 0.625. The van der Waals surface area contributed by atoms with Gasteiger partial charge in [0.05, 0.1) is 16.0 Å². The van der Waals surface area contributed by atoms with Crippen molar-refractivity contribution < 1.29 is 5.11 Å². The molecule has 1 heterocycles. The fourth-order valence-corrected chi connectivity index (χ4v) is 1.91. The Balaban J connectivity index is 2.87. The van der Waals surface area contributed by atoms with E-state index in [-0.39, 0.29) is 0 Å². The van der Waals surface area contributed by atoms with Gasteiger partial charge in [-0.05, 0) is 12.8 Å². The van der Waals surface area contributed by atoms with Crippen LogP contribution in [0.3, 0.4) is 0 Å². The molecule has 0 unspecified atom stereocenters. The van der Waals surface area contributed by atoms with Crippen molar-refractivity contribution in [2.75, 3.05) is 0 Å². The highest BCUT2D eigenvalue weighted by Gasteiger charge is 2.25. The van der Waals surface area contributed by atoms with Crippen LogP contribution in [-0.4, -0.2) is 10.1 Å². The van der Waals surface area contributed by atoms with Gasteiger partial charge in [0.15, 0.2) is 0 Å². The summed E-state index contributed by atoms with van der Waals surface area (Å²) in [5.41, 5.74) is 1.12. The summed E-state index contributed by atoms with van der Waals surface area (Å²) >= 11 is 1.52. The Morgan fingerprint density at radius 2 is 2.18 bits per heavy atom. The van der Waals surface area contributed by atoms with E-state index >= 15 is 0 Å². The quantitative estimate of drug-likeness (QED) is 0.756. The number of aromatic nitrogens is 1. The van der Waals surface area contributed by atoms with Crippen LogP contribution in [0.25, 0.3) is 0 Å². The molecule has 11 heavy (non-hydrogen) atoms. The smallest absolute Gasteiger partial charge is 0.0998 e. The van der Waals surface area contributed by atoms with E-state index in [0.29, 0.717) is 0 Å². The first-order valence-corrected chi connectivity index (χ1v) is 4.72. The van der Waals surface area contributed by atoms with Gasteiger partial charge in [0.25, 0.3) is 0 Å².